The Labute approximate surface area is 388 Å². The largest absolute Gasteiger partial charge is 0.457 e. The van der Waals surface area contributed by atoms with Gasteiger partial charge in [-0.2, -0.15) is 8.42 Å². The van der Waals surface area contributed by atoms with E-state index >= 15 is 0 Å². The van der Waals surface area contributed by atoms with Gasteiger partial charge in [0.15, 0.2) is 6.29 Å². The van der Waals surface area contributed by atoms with E-state index in [1.165, 1.54) is 89.9 Å². The summed E-state index contributed by atoms with van der Waals surface area (Å²) in [5.74, 6) is -0.411. The fourth-order valence-electron chi connectivity index (χ4n) is 7.36. The minimum Gasteiger partial charge on any atom is -0.457 e. The highest BCUT2D eigenvalue weighted by molar-refractivity contribution is 7.80. The summed E-state index contributed by atoms with van der Waals surface area (Å²) >= 11 is 0. The average Bonchev–Trinajstić information content (AvgIpc) is 3.27. The Hall–Kier alpha value is -2.20. The number of hydrogen-bond acceptors (Lipinski definition) is 11. The first kappa shape index (κ1) is 59.8. The molecule has 6 atom stereocenters. The van der Waals surface area contributed by atoms with Crippen molar-refractivity contribution in [1.82, 2.24) is 0 Å². The van der Waals surface area contributed by atoms with Crippen LogP contribution in [0.15, 0.2) is 60.8 Å². The molecule has 1 saturated heterocycles. The number of rotatable bonds is 43. The summed E-state index contributed by atoms with van der Waals surface area (Å²) in [5, 5.41) is 30.7. The van der Waals surface area contributed by atoms with Crippen molar-refractivity contribution in [2.75, 3.05) is 26.4 Å². The lowest BCUT2D eigenvalue weighted by atomic mass is 9.99. The summed E-state index contributed by atoms with van der Waals surface area (Å²) in [7, 11) is -5.07. The summed E-state index contributed by atoms with van der Waals surface area (Å²) in [6.07, 6.45) is 43.9. The fraction of sp³-hybridized carbons (Fsp3) is 0.784. The zero-order valence-electron chi connectivity index (χ0n) is 39.8. The minimum atomic E-state index is -5.07. The van der Waals surface area contributed by atoms with Crippen LogP contribution in [0.3, 0.4) is 0 Å². The Bertz CT molecular complexity index is 1350. The Morgan fingerprint density at radius 1 is 0.609 bits per heavy atom. The van der Waals surface area contributed by atoms with Crippen LogP contribution < -0.4 is 0 Å². The first-order valence-corrected chi connectivity index (χ1v) is 26.4. The summed E-state index contributed by atoms with van der Waals surface area (Å²) in [4.78, 5) is 12.9. The molecule has 1 aliphatic rings. The number of aliphatic hydroxyl groups is 3. The Morgan fingerprint density at radius 2 is 1.08 bits per heavy atom. The van der Waals surface area contributed by atoms with Gasteiger partial charge in [0.25, 0.3) is 0 Å². The number of carbonyl (C=O) groups excluding carboxylic acids is 1. The first-order valence-electron chi connectivity index (χ1n) is 25.0. The van der Waals surface area contributed by atoms with Gasteiger partial charge < -0.3 is 34.3 Å². The highest BCUT2D eigenvalue weighted by atomic mass is 32.3. The quantitative estimate of drug-likeness (QED) is 0.0197. The molecule has 0 radical (unpaired) electrons. The van der Waals surface area contributed by atoms with Crippen molar-refractivity contribution in [2.24, 2.45) is 0 Å². The molecule has 1 heterocycles. The zero-order valence-corrected chi connectivity index (χ0v) is 40.6. The molecule has 0 amide bonds. The molecular formula is C51H90O12S. The highest BCUT2D eigenvalue weighted by Gasteiger charge is 2.48. The van der Waals surface area contributed by atoms with Gasteiger partial charge in [-0.1, -0.05) is 171 Å². The number of unbranched alkanes of at least 4 members (excludes halogenated alkanes) is 20. The molecule has 0 bridgehead atoms. The van der Waals surface area contributed by atoms with Gasteiger partial charge >= 0.3 is 16.4 Å². The highest BCUT2D eigenvalue weighted by Crippen LogP contribution is 2.26. The SMILES string of the molecule is CC/C=C\C/C=C\C/C=C\CCCCCCCCCC(=O)OC(COCCCCCCCCCCCC/C=C\C/C=C\CCCCC)COC1OC(CO)C(O)C(OS(=O)(=O)O)C1O. The van der Waals surface area contributed by atoms with Gasteiger partial charge in [-0.3, -0.25) is 9.35 Å². The van der Waals surface area contributed by atoms with Crippen LogP contribution in [-0.4, -0.2) is 97.5 Å². The van der Waals surface area contributed by atoms with E-state index in [-0.39, 0.29) is 19.6 Å². The van der Waals surface area contributed by atoms with Gasteiger partial charge in [0.1, 0.15) is 30.5 Å². The molecule has 0 aromatic heterocycles. The van der Waals surface area contributed by atoms with Crippen molar-refractivity contribution in [2.45, 2.75) is 230 Å². The van der Waals surface area contributed by atoms with Crippen molar-refractivity contribution < 1.29 is 56.2 Å². The second-order valence-corrected chi connectivity index (χ2v) is 18.1. The van der Waals surface area contributed by atoms with Crippen LogP contribution in [0.5, 0.6) is 0 Å². The van der Waals surface area contributed by atoms with Crippen LogP contribution in [0.4, 0.5) is 0 Å². The van der Waals surface area contributed by atoms with Crippen LogP contribution >= 0.6 is 0 Å². The van der Waals surface area contributed by atoms with Crippen LogP contribution in [0.25, 0.3) is 0 Å². The van der Waals surface area contributed by atoms with E-state index < -0.39 is 59.8 Å². The Morgan fingerprint density at radius 3 is 1.58 bits per heavy atom. The molecule has 64 heavy (non-hydrogen) atoms. The average molecular weight is 927 g/mol. The predicted octanol–water partition coefficient (Wildman–Crippen LogP) is 11.3. The van der Waals surface area contributed by atoms with Gasteiger partial charge in [0.05, 0.1) is 19.8 Å². The third-order valence-electron chi connectivity index (χ3n) is 11.1. The lowest BCUT2D eigenvalue weighted by Crippen LogP contribution is -2.60. The maximum atomic E-state index is 12.9. The lowest BCUT2D eigenvalue weighted by Gasteiger charge is -2.41. The fourth-order valence-corrected chi connectivity index (χ4v) is 7.87. The summed E-state index contributed by atoms with van der Waals surface area (Å²) in [6, 6.07) is 0. The number of aliphatic hydroxyl groups excluding tert-OH is 3. The maximum Gasteiger partial charge on any atom is 0.397 e. The Balaban J connectivity index is 2.38. The lowest BCUT2D eigenvalue weighted by molar-refractivity contribution is -0.301. The molecule has 0 aliphatic carbocycles. The van der Waals surface area contributed by atoms with E-state index in [4.69, 9.17) is 18.9 Å². The topological polar surface area (TPSA) is 178 Å². The molecule has 1 aliphatic heterocycles. The predicted molar refractivity (Wildman–Crippen MR) is 257 cm³/mol. The third-order valence-corrected chi connectivity index (χ3v) is 11.6. The number of allylic oxidation sites excluding steroid dienone is 10. The zero-order chi connectivity index (χ0) is 46.8. The normalized spacial score (nSPS) is 20.2. The van der Waals surface area contributed by atoms with Crippen LogP contribution in [0, 0.1) is 0 Å². The molecule has 6 unspecified atom stereocenters. The Kier molecular flexibility index (Phi) is 39.4. The monoisotopic (exact) mass is 927 g/mol. The second-order valence-electron chi connectivity index (χ2n) is 17.0. The molecule has 0 saturated carbocycles. The summed E-state index contributed by atoms with van der Waals surface area (Å²) < 4.78 is 59.2. The van der Waals surface area contributed by atoms with Gasteiger partial charge in [-0.05, 0) is 77.0 Å². The van der Waals surface area contributed by atoms with Crippen LogP contribution in [0.1, 0.15) is 194 Å². The molecule has 12 nitrogen and oxygen atoms in total. The molecule has 1 rings (SSSR count). The number of carbonyl (C=O) groups is 1. The van der Waals surface area contributed by atoms with E-state index in [1.54, 1.807) is 0 Å². The number of esters is 1. The van der Waals surface area contributed by atoms with E-state index in [2.05, 4.69) is 78.8 Å². The van der Waals surface area contributed by atoms with Crippen molar-refractivity contribution in [1.29, 1.82) is 0 Å². The van der Waals surface area contributed by atoms with E-state index in [9.17, 15) is 33.1 Å². The standard InChI is InChI=1S/C51H90O12S/c1-3-5-7-9-11-13-15-17-19-21-22-23-25-27-29-31-33-35-37-39-41-59-43-45(44-60-51-49(55)50(63-64(56,57)58)48(54)46(42-52)62-51)61-47(53)40-38-36-34-32-30-28-26-24-20-18-16-14-12-10-8-6-4-2/h6,8,11-14,17-20,45-46,48-52,54-55H,3-5,7,9-10,15-16,21-44H2,1-2H3,(H,56,57,58)/b8-6-,13-11-,14-12-,19-17-,20-18-. The molecular weight excluding hydrogens is 837 g/mol. The first-order chi connectivity index (χ1) is 31.1. The van der Waals surface area contributed by atoms with Crippen molar-refractivity contribution in [3.63, 3.8) is 0 Å². The maximum absolute atomic E-state index is 12.9. The molecule has 4 N–H and O–H groups in total. The number of ether oxygens (including phenoxy) is 4. The van der Waals surface area contributed by atoms with Crippen LogP contribution in [0.2, 0.25) is 0 Å². The van der Waals surface area contributed by atoms with E-state index in [0.717, 1.165) is 77.0 Å². The van der Waals surface area contributed by atoms with Gasteiger partial charge in [-0.25, -0.2) is 4.18 Å². The minimum absolute atomic E-state index is 0.0278. The van der Waals surface area contributed by atoms with Crippen LogP contribution in [-0.2, 0) is 38.3 Å². The summed E-state index contributed by atoms with van der Waals surface area (Å²) in [5.41, 5.74) is 0. The molecule has 0 spiro atoms. The van der Waals surface area contributed by atoms with Crippen molar-refractivity contribution >= 4 is 16.4 Å². The third kappa shape index (κ3) is 35.1. The number of hydrogen-bond donors (Lipinski definition) is 4. The molecule has 1 fully saturated rings. The van der Waals surface area contributed by atoms with Gasteiger partial charge in [0, 0.05) is 13.0 Å². The molecule has 372 valence electrons. The van der Waals surface area contributed by atoms with Gasteiger partial charge in [0.2, 0.25) is 0 Å². The van der Waals surface area contributed by atoms with E-state index in [0.29, 0.717) is 13.0 Å². The molecule has 0 aromatic carbocycles. The van der Waals surface area contributed by atoms with Crippen molar-refractivity contribution in [3.05, 3.63) is 60.8 Å². The van der Waals surface area contributed by atoms with Gasteiger partial charge in [-0.15, -0.1) is 0 Å². The summed E-state index contributed by atoms with van der Waals surface area (Å²) in [6.45, 7) is 3.84. The molecule has 13 heteroatoms. The van der Waals surface area contributed by atoms with E-state index in [1.807, 2.05) is 0 Å². The van der Waals surface area contributed by atoms with Crippen molar-refractivity contribution in [3.8, 4) is 0 Å². The smallest absolute Gasteiger partial charge is 0.397 e. The second kappa shape index (κ2) is 42.2. The molecule has 0 aromatic rings.